The average molecular weight is 198 g/mol. The molecule has 2 rings (SSSR count). The van der Waals surface area contributed by atoms with E-state index < -0.39 is 23.2 Å². The zero-order valence-electron chi connectivity index (χ0n) is 7.93. The first-order chi connectivity index (χ1) is 6.58. The fourth-order valence-corrected chi connectivity index (χ4v) is 1.94. The molecule has 0 heterocycles. The van der Waals surface area contributed by atoms with Crippen molar-refractivity contribution in [3.8, 4) is 0 Å². The van der Waals surface area contributed by atoms with Gasteiger partial charge in [0.2, 0.25) is 0 Å². The lowest BCUT2D eigenvalue weighted by Gasteiger charge is -2.19. The third-order valence-corrected chi connectivity index (χ3v) is 3.08. The molecule has 1 aliphatic carbocycles. The highest BCUT2D eigenvalue weighted by molar-refractivity contribution is 5.34. The van der Waals surface area contributed by atoms with Crippen molar-refractivity contribution in [3.05, 3.63) is 35.4 Å². The van der Waals surface area contributed by atoms with Crippen molar-refractivity contribution in [1.29, 1.82) is 0 Å². The van der Waals surface area contributed by atoms with E-state index in [1.54, 1.807) is 13.0 Å². The van der Waals surface area contributed by atoms with E-state index in [1.165, 1.54) is 6.07 Å². The van der Waals surface area contributed by atoms with Gasteiger partial charge in [-0.15, -0.1) is 0 Å². The van der Waals surface area contributed by atoms with Crippen LogP contribution in [0.4, 0.5) is 8.78 Å². The lowest BCUT2D eigenvalue weighted by molar-refractivity contribution is 0.148. The molecule has 0 aromatic heterocycles. The highest BCUT2D eigenvalue weighted by atomic mass is 19.2. The predicted molar refractivity (Wildman–Crippen MR) is 49.0 cm³/mol. The van der Waals surface area contributed by atoms with E-state index in [-0.39, 0.29) is 0 Å². The smallest absolute Gasteiger partial charge is 0.162 e. The second-order valence-electron chi connectivity index (χ2n) is 3.93. The van der Waals surface area contributed by atoms with Crippen LogP contribution in [0.2, 0.25) is 0 Å². The van der Waals surface area contributed by atoms with Gasteiger partial charge in [-0.1, -0.05) is 12.1 Å². The Morgan fingerprint density at radius 2 is 2.00 bits per heavy atom. The van der Waals surface area contributed by atoms with E-state index in [1.807, 2.05) is 0 Å². The van der Waals surface area contributed by atoms with Crippen molar-refractivity contribution >= 4 is 0 Å². The van der Waals surface area contributed by atoms with E-state index in [2.05, 4.69) is 0 Å². The Bertz CT molecular complexity index is 356. The van der Waals surface area contributed by atoms with Crippen molar-refractivity contribution in [2.24, 2.45) is 0 Å². The van der Waals surface area contributed by atoms with E-state index in [0.29, 0.717) is 5.56 Å². The predicted octanol–water partition coefficient (Wildman–Crippen LogP) is 2.38. The Hall–Kier alpha value is -0.960. The van der Waals surface area contributed by atoms with Gasteiger partial charge < -0.3 is 5.11 Å². The Morgan fingerprint density at radius 3 is 2.50 bits per heavy atom. The summed E-state index contributed by atoms with van der Waals surface area (Å²) >= 11 is 0. The van der Waals surface area contributed by atoms with Gasteiger partial charge in [0.05, 0.1) is 6.10 Å². The average Bonchev–Trinajstić information content (AvgIpc) is 2.90. The van der Waals surface area contributed by atoms with Crippen LogP contribution in [-0.4, -0.2) is 11.2 Å². The summed E-state index contributed by atoms with van der Waals surface area (Å²) in [5.41, 5.74) is -0.223. The minimum atomic E-state index is -0.838. The molecule has 1 saturated carbocycles. The second-order valence-corrected chi connectivity index (χ2v) is 3.93. The Morgan fingerprint density at radius 1 is 1.36 bits per heavy atom. The minimum absolute atomic E-state index is 0.313. The van der Waals surface area contributed by atoms with Crippen LogP contribution in [0, 0.1) is 11.6 Å². The summed E-state index contributed by atoms with van der Waals surface area (Å²) in [5.74, 6) is -1.65. The first kappa shape index (κ1) is 9.59. The molecule has 0 aliphatic heterocycles. The van der Waals surface area contributed by atoms with Gasteiger partial charge in [0, 0.05) is 5.41 Å². The van der Waals surface area contributed by atoms with Gasteiger partial charge in [-0.2, -0.15) is 0 Å². The molecule has 1 unspecified atom stereocenters. The lowest BCUT2D eigenvalue weighted by Crippen LogP contribution is -2.24. The topological polar surface area (TPSA) is 20.2 Å². The van der Waals surface area contributed by atoms with Gasteiger partial charge in [0.25, 0.3) is 0 Å². The molecule has 1 fully saturated rings. The third kappa shape index (κ3) is 1.23. The summed E-state index contributed by atoms with van der Waals surface area (Å²) in [5, 5.41) is 9.52. The Labute approximate surface area is 81.4 Å². The van der Waals surface area contributed by atoms with E-state index in [4.69, 9.17) is 0 Å². The van der Waals surface area contributed by atoms with E-state index >= 15 is 0 Å². The molecule has 0 spiro atoms. The number of aliphatic hydroxyl groups excluding tert-OH is 1. The first-order valence-electron chi connectivity index (χ1n) is 4.70. The minimum Gasteiger partial charge on any atom is -0.392 e. The molecule has 14 heavy (non-hydrogen) atoms. The van der Waals surface area contributed by atoms with Gasteiger partial charge >= 0.3 is 0 Å². The van der Waals surface area contributed by atoms with Gasteiger partial charge in [0.15, 0.2) is 11.6 Å². The highest BCUT2D eigenvalue weighted by Gasteiger charge is 2.50. The third-order valence-electron chi connectivity index (χ3n) is 3.08. The van der Waals surface area contributed by atoms with Gasteiger partial charge in [0.1, 0.15) is 0 Å². The van der Waals surface area contributed by atoms with Crippen LogP contribution in [0.1, 0.15) is 25.3 Å². The molecule has 1 aromatic carbocycles. The van der Waals surface area contributed by atoms with Gasteiger partial charge in [-0.05, 0) is 31.4 Å². The van der Waals surface area contributed by atoms with Gasteiger partial charge in [-0.25, -0.2) is 8.78 Å². The molecule has 3 heteroatoms. The maximum Gasteiger partial charge on any atom is 0.162 e. The summed E-state index contributed by atoms with van der Waals surface area (Å²) in [6.07, 6.45) is 0.828. The van der Waals surface area contributed by atoms with Crippen molar-refractivity contribution in [3.63, 3.8) is 0 Å². The number of aliphatic hydroxyl groups is 1. The molecular formula is C11H12F2O. The molecule has 0 radical (unpaired) electrons. The molecule has 76 valence electrons. The Balaban J connectivity index is 2.47. The number of benzene rings is 1. The zero-order valence-corrected chi connectivity index (χ0v) is 7.93. The number of hydrogen-bond donors (Lipinski definition) is 1. The molecule has 1 N–H and O–H groups in total. The summed E-state index contributed by atoms with van der Waals surface area (Å²) in [6, 6.07) is 4.13. The molecular weight excluding hydrogens is 186 g/mol. The number of hydrogen-bond acceptors (Lipinski definition) is 1. The normalized spacial score (nSPS) is 20.6. The number of halogens is 2. The molecule has 0 bridgehead atoms. The fourth-order valence-electron chi connectivity index (χ4n) is 1.94. The molecule has 1 aromatic rings. The lowest BCUT2D eigenvalue weighted by atomic mass is 9.90. The van der Waals surface area contributed by atoms with Crippen LogP contribution in [0.25, 0.3) is 0 Å². The van der Waals surface area contributed by atoms with Crippen LogP contribution in [0.15, 0.2) is 18.2 Å². The standard InChI is InChI=1S/C11H12F2O/c1-7(14)11(5-6-11)8-3-2-4-9(12)10(8)13/h2-4,7,14H,5-6H2,1H3. The highest BCUT2D eigenvalue weighted by Crippen LogP contribution is 2.51. The van der Waals surface area contributed by atoms with Crippen LogP contribution < -0.4 is 0 Å². The Kier molecular flexibility index (Phi) is 2.07. The van der Waals surface area contributed by atoms with E-state index in [0.717, 1.165) is 18.9 Å². The van der Waals surface area contributed by atoms with Crippen LogP contribution in [0.3, 0.4) is 0 Å². The molecule has 1 nitrogen and oxygen atoms in total. The summed E-state index contributed by atoms with van der Waals surface area (Å²) < 4.78 is 26.4. The first-order valence-corrected chi connectivity index (χ1v) is 4.70. The van der Waals surface area contributed by atoms with Crippen LogP contribution in [-0.2, 0) is 5.41 Å². The van der Waals surface area contributed by atoms with Crippen molar-refractivity contribution in [2.75, 3.05) is 0 Å². The van der Waals surface area contributed by atoms with Gasteiger partial charge in [-0.3, -0.25) is 0 Å². The zero-order chi connectivity index (χ0) is 10.3. The van der Waals surface area contributed by atoms with Crippen molar-refractivity contribution < 1.29 is 13.9 Å². The molecule has 0 amide bonds. The summed E-state index contributed by atoms with van der Waals surface area (Å²) in [4.78, 5) is 0. The maximum atomic E-state index is 13.4. The quantitative estimate of drug-likeness (QED) is 0.773. The number of rotatable bonds is 2. The maximum absolute atomic E-state index is 13.4. The monoisotopic (exact) mass is 198 g/mol. The van der Waals surface area contributed by atoms with Crippen LogP contribution in [0.5, 0.6) is 0 Å². The van der Waals surface area contributed by atoms with Crippen molar-refractivity contribution in [1.82, 2.24) is 0 Å². The molecule has 0 saturated heterocycles. The summed E-state index contributed by atoms with van der Waals surface area (Å²) in [6.45, 7) is 1.62. The van der Waals surface area contributed by atoms with E-state index in [9.17, 15) is 13.9 Å². The SMILES string of the molecule is CC(O)C1(c2cccc(F)c2F)CC1. The second kappa shape index (κ2) is 3.02. The molecule has 1 aliphatic rings. The van der Waals surface area contributed by atoms with Crippen molar-refractivity contribution in [2.45, 2.75) is 31.3 Å². The largest absolute Gasteiger partial charge is 0.392 e. The fraction of sp³-hybridized carbons (Fsp3) is 0.455. The summed E-state index contributed by atoms with van der Waals surface area (Å²) in [7, 11) is 0. The van der Waals surface area contributed by atoms with Crippen LogP contribution >= 0.6 is 0 Å². The molecule has 1 atom stereocenters.